The molecule has 2 heterocycles. The average Bonchev–Trinajstić information content (AvgIpc) is 2.55. The lowest BCUT2D eigenvalue weighted by molar-refractivity contribution is 0.112. The van der Waals surface area contributed by atoms with Gasteiger partial charge in [-0.2, -0.15) is 5.10 Å². The van der Waals surface area contributed by atoms with Crippen molar-refractivity contribution in [3.63, 3.8) is 0 Å². The predicted octanol–water partition coefficient (Wildman–Crippen LogP) is 1.70. The third kappa shape index (κ3) is 1.54. The molecule has 2 aromatic rings. The van der Waals surface area contributed by atoms with Crippen LogP contribution in [0.1, 0.15) is 21.7 Å². The second-order valence-electron chi connectivity index (χ2n) is 3.32. The summed E-state index contributed by atoms with van der Waals surface area (Å²) in [5.74, 6) is 0. The van der Waals surface area contributed by atoms with Crippen LogP contribution in [0.2, 0.25) is 0 Å². The van der Waals surface area contributed by atoms with Crippen LogP contribution < -0.4 is 0 Å². The topological polar surface area (TPSA) is 47.8 Å². The summed E-state index contributed by atoms with van der Waals surface area (Å²) in [6.45, 7) is 3.71. The van der Waals surface area contributed by atoms with Crippen LogP contribution in [0.5, 0.6) is 0 Å². The van der Waals surface area contributed by atoms with Gasteiger partial charge in [-0.3, -0.25) is 9.78 Å². The predicted molar refractivity (Wildman–Crippen MR) is 56.2 cm³/mol. The summed E-state index contributed by atoms with van der Waals surface area (Å²) in [5, 5.41) is 4.31. The Morgan fingerprint density at radius 1 is 1.27 bits per heavy atom. The molecule has 0 amide bonds. The van der Waals surface area contributed by atoms with Gasteiger partial charge in [0.25, 0.3) is 0 Å². The van der Waals surface area contributed by atoms with Crippen LogP contribution in [0, 0.1) is 13.8 Å². The lowest BCUT2D eigenvalue weighted by Gasteiger charge is -2.02. The van der Waals surface area contributed by atoms with E-state index >= 15 is 0 Å². The number of aldehydes is 1. The SMILES string of the molecule is Cc1nn(-c2ccncc2)c(C)c1C=O. The third-order valence-electron chi connectivity index (χ3n) is 2.37. The number of carbonyl (C=O) groups excluding carboxylic acids is 1. The van der Waals surface area contributed by atoms with Gasteiger partial charge in [0.2, 0.25) is 0 Å². The molecular formula is C11H11N3O. The van der Waals surface area contributed by atoms with Crippen LogP contribution >= 0.6 is 0 Å². The van der Waals surface area contributed by atoms with Gasteiger partial charge in [-0.05, 0) is 26.0 Å². The molecule has 4 nitrogen and oxygen atoms in total. The maximum atomic E-state index is 10.8. The second kappa shape index (κ2) is 3.65. The summed E-state index contributed by atoms with van der Waals surface area (Å²) in [6, 6.07) is 3.71. The Morgan fingerprint density at radius 3 is 2.47 bits per heavy atom. The summed E-state index contributed by atoms with van der Waals surface area (Å²) in [5.41, 5.74) is 3.18. The Hall–Kier alpha value is -1.97. The van der Waals surface area contributed by atoms with E-state index in [0.29, 0.717) is 5.56 Å². The minimum Gasteiger partial charge on any atom is -0.298 e. The van der Waals surface area contributed by atoms with E-state index in [0.717, 1.165) is 23.4 Å². The molecule has 15 heavy (non-hydrogen) atoms. The van der Waals surface area contributed by atoms with Crippen molar-refractivity contribution < 1.29 is 4.79 Å². The first kappa shape index (κ1) is 9.58. The van der Waals surface area contributed by atoms with Crippen molar-refractivity contribution in [1.29, 1.82) is 0 Å². The first-order chi connectivity index (χ1) is 7.24. The van der Waals surface area contributed by atoms with Crippen molar-refractivity contribution in [3.8, 4) is 5.69 Å². The zero-order valence-electron chi connectivity index (χ0n) is 8.64. The van der Waals surface area contributed by atoms with Gasteiger partial charge in [0.1, 0.15) is 0 Å². The number of pyridine rings is 1. The molecule has 0 aliphatic heterocycles. The van der Waals surface area contributed by atoms with Gasteiger partial charge in [-0.1, -0.05) is 0 Å². The Kier molecular flexibility index (Phi) is 2.33. The molecule has 0 bridgehead atoms. The molecule has 2 rings (SSSR count). The molecule has 4 heteroatoms. The number of nitrogens with zero attached hydrogens (tertiary/aromatic N) is 3. The largest absolute Gasteiger partial charge is 0.298 e. The standard InChI is InChI=1S/C11H11N3O/c1-8-11(7-15)9(2)14(13-8)10-3-5-12-6-4-10/h3-7H,1-2H3. The van der Waals surface area contributed by atoms with Gasteiger partial charge in [0.05, 0.1) is 22.6 Å². The molecule has 76 valence electrons. The van der Waals surface area contributed by atoms with E-state index in [1.165, 1.54) is 0 Å². The summed E-state index contributed by atoms with van der Waals surface area (Å²) in [6.07, 6.45) is 4.24. The van der Waals surface area contributed by atoms with Crippen molar-refractivity contribution in [2.24, 2.45) is 0 Å². The summed E-state index contributed by atoms with van der Waals surface area (Å²) < 4.78 is 1.75. The normalized spacial score (nSPS) is 10.3. The first-order valence-corrected chi connectivity index (χ1v) is 4.66. The minimum atomic E-state index is 0.659. The molecule has 0 spiro atoms. The second-order valence-corrected chi connectivity index (χ2v) is 3.32. The van der Waals surface area contributed by atoms with E-state index < -0.39 is 0 Å². The number of carbonyl (C=O) groups is 1. The fourth-order valence-electron chi connectivity index (χ4n) is 1.56. The zero-order valence-corrected chi connectivity index (χ0v) is 8.64. The molecule has 0 aliphatic rings. The quantitative estimate of drug-likeness (QED) is 0.695. The molecule has 2 aromatic heterocycles. The van der Waals surface area contributed by atoms with Crippen molar-refractivity contribution in [3.05, 3.63) is 41.5 Å². The fraction of sp³-hybridized carbons (Fsp3) is 0.182. The average molecular weight is 201 g/mol. The van der Waals surface area contributed by atoms with Crippen LogP contribution in [0.25, 0.3) is 5.69 Å². The fourth-order valence-corrected chi connectivity index (χ4v) is 1.56. The minimum absolute atomic E-state index is 0.659. The van der Waals surface area contributed by atoms with Crippen molar-refractivity contribution >= 4 is 6.29 Å². The molecule has 0 atom stereocenters. The van der Waals surface area contributed by atoms with Crippen LogP contribution in [-0.4, -0.2) is 21.1 Å². The zero-order chi connectivity index (χ0) is 10.8. The number of rotatable bonds is 2. The molecule has 0 aromatic carbocycles. The highest BCUT2D eigenvalue weighted by Crippen LogP contribution is 2.15. The van der Waals surface area contributed by atoms with Crippen molar-refractivity contribution in [2.45, 2.75) is 13.8 Å². The molecule has 0 fully saturated rings. The van der Waals surface area contributed by atoms with E-state index in [9.17, 15) is 4.79 Å². The van der Waals surface area contributed by atoms with Gasteiger partial charge in [0, 0.05) is 12.4 Å². The van der Waals surface area contributed by atoms with Crippen molar-refractivity contribution in [1.82, 2.24) is 14.8 Å². The molecular weight excluding hydrogens is 190 g/mol. The molecule has 0 unspecified atom stereocenters. The summed E-state index contributed by atoms with van der Waals surface area (Å²) >= 11 is 0. The Labute approximate surface area is 87.6 Å². The summed E-state index contributed by atoms with van der Waals surface area (Å²) in [4.78, 5) is 14.8. The number of hydrogen-bond donors (Lipinski definition) is 0. The number of aryl methyl sites for hydroxylation is 1. The van der Waals surface area contributed by atoms with Gasteiger partial charge in [-0.25, -0.2) is 4.68 Å². The lowest BCUT2D eigenvalue weighted by Crippen LogP contribution is -1.99. The van der Waals surface area contributed by atoms with Crippen LogP contribution in [0.15, 0.2) is 24.5 Å². The number of aromatic nitrogens is 3. The maximum Gasteiger partial charge on any atom is 0.153 e. The van der Waals surface area contributed by atoms with E-state index in [1.54, 1.807) is 17.1 Å². The van der Waals surface area contributed by atoms with E-state index in [2.05, 4.69) is 10.1 Å². The van der Waals surface area contributed by atoms with Crippen LogP contribution in [0.4, 0.5) is 0 Å². The molecule has 0 saturated carbocycles. The first-order valence-electron chi connectivity index (χ1n) is 4.66. The van der Waals surface area contributed by atoms with E-state index in [1.807, 2.05) is 26.0 Å². The highest BCUT2D eigenvalue weighted by molar-refractivity contribution is 5.78. The number of hydrogen-bond acceptors (Lipinski definition) is 3. The monoisotopic (exact) mass is 201 g/mol. The summed E-state index contributed by atoms with van der Waals surface area (Å²) in [7, 11) is 0. The smallest absolute Gasteiger partial charge is 0.153 e. The highest BCUT2D eigenvalue weighted by atomic mass is 16.1. The van der Waals surface area contributed by atoms with Crippen LogP contribution in [-0.2, 0) is 0 Å². The van der Waals surface area contributed by atoms with E-state index in [4.69, 9.17) is 0 Å². The van der Waals surface area contributed by atoms with Gasteiger partial charge in [0.15, 0.2) is 6.29 Å². The Balaban J connectivity index is 2.60. The lowest BCUT2D eigenvalue weighted by atomic mass is 10.2. The Morgan fingerprint density at radius 2 is 1.93 bits per heavy atom. The van der Waals surface area contributed by atoms with Gasteiger partial charge < -0.3 is 0 Å². The molecule has 0 saturated heterocycles. The maximum absolute atomic E-state index is 10.8. The third-order valence-corrected chi connectivity index (χ3v) is 2.37. The van der Waals surface area contributed by atoms with Crippen LogP contribution in [0.3, 0.4) is 0 Å². The molecule has 0 aliphatic carbocycles. The van der Waals surface area contributed by atoms with Crippen molar-refractivity contribution in [2.75, 3.05) is 0 Å². The highest BCUT2D eigenvalue weighted by Gasteiger charge is 2.11. The van der Waals surface area contributed by atoms with Gasteiger partial charge in [-0.15, -0.1) is 0 Å². The van der Waals surface area contributed by atoms with E-state index in [-0.39, 0.29) is 0 Å². The molecule has 0 N–H and O–H groups in total. The van der Waals surface area contributed by atoms with Gasteiger partial charge >= 0.3 is 0 Å². The Bertz CT molecular complexity index is 488. The molecule has 0 radical (unpaired) electrons.